The third-order valence-electron chi connectivity index (χ3n) is 3.92. The van der Waals surface area contributed by atoms with Gasteiger partial charge in [0.05, 0.1) is 0 Å². The summed E-state index contributed by atoms with van der Waals surface area (Å²) in [5, 5.41) is 3.40. The molecule has 1 aromatic carbocycles. The zero-order chi connectivity index (χ0) is 12.8. The molecule has 2 nitrogen and oxygen atoms in total. The molecule has 0 aliphatic carbocycles. The second kappa shape index (κ2) is 6.79. The Morgan fingerprint density at radius 1 is 1.28 bits per heavy atom. The Labute approximate surface area is 111 Å². The Morgan fingerprint density at radius 3 is 2.94 bits per heavy atom. The van der Waals surface area contributed by atoms with Crippen molar-refractivity contribution in [3.63, 3.8) is 0 Å². The van der Waals surface area contributed by atoms with Gasteiger partial charge in [-0.05, 0) is 57.3 Å². The fraction of sp³-hybridized carbons (Fsp3) is 0.625. The smallest absolute Gasteiger partial charge is 0.0401 e. The molecule has 0 bridgehead atoms. The average Bonchev–Trinajstić information content (AvgIpc) is 2.41. The number of rotatable bonds is 6. The summed E-state index contributed by atoms with van der Waals surface area (Å²) in [6, 6.07) is 9.60. The zero-order valence-electron chi connectivity index (χ0n) is 11.8. The van der Waals surface area contributed by atoms with Crippen LogP contribution in [0.25, 0.3) is 0 Å². The van der Waals surface area contributed by atoms with Crippen LogP contribution < -0.4 is 10.2 Å². The Hall–Kier alpha value is -1.02. The van der Waals surface area contributed by atoms with Crippen molar-refractivity contribution >= 4 is 5.69 Å². The third-order valence-corrected chi connectivity index (χ3v) is 3.92. The second-order valence-corrected chi connectivity index (χ2v) is 5.27. The lowest BCUT2D eigenvalue weighted by Gasteiger charge is -2.37. The molecule has 0 saturated heterocycles. The van der Waals surface area contributed by atoms with Crippen LogP contribution in [0.3, 0.4) is 0 Å². The number of anilines is 1. The van der Waals surface area contributed by atoms with E-state index in [1.807, 2.05) is 0 Å². The summed E-state index contributed by atoms with van der Waals surface area (Å²) in [6.45, 7) is 7.97. The predicted molar refractivity (Wildman–Crippen MR) is 79.3 cm³/mol. The van der Waals surface area contributed by atoms with Gasteiger partial charge in [0.15, 0.2) is 0 Å². The molecule has 0 aromatic heterocycles. The minimum Gasteiger partial charge on any atom is -0.369 e. The Morgan fingerprint density at radius 2 is 2.11 bits per heavy atom. The van der Waals surface area contributed by atoms with E-state index in [9.17, 15) is 0 Å². The quantitative estimate of drug-likeness (QED) is 0.775. The van der Waals surface area contributed by atoms with Gasteiger partial charge in [0.1, 0.15) is 0 Å². The van der Waals surface area contributed by atoms with Crippen LogP contribution >= 0.6 is 0 Å². The monoisotopic (exact) mass is 246 g/mol. The van der Waals surface area contributed by atoms with Crippen LogP contribution in [0.2, 0.25) is 0 Å². The molecule has 18 heavy (non-hydrogen) atoms. The molecule has 1 aliphatic heterocycles. The van der Waals surface area contributed by atoms with Crippen LogP contribution in [0.1, 0.15) is 38.7 Å². The molecule has 1 atom stereocenters. The van der Waals surface area contributed by atoms with E-state index in [-0.39, 0.29) is 0 Å². The Balaban J connectivity index is 1.90. The van der Waals surface area contributed by atoms with Gasteiger partial charge in [0.2, 0.25) is 0 Å². The number of hydrogen-bond donors (Lipinski definition) is 1. The first kappa shape index (κ1) is 13.4. The highest BCUT2D eigenvalue weighted by Gasteiger charge is 2.21. The minimum atomic E-state index is 0.694. The molecule has 1 aromatic rings. The van der Waals surface area contributed by atoms with Crippen LogP contribution in [0.15, 0.2) is 24.3 Å². The van der Waals surface area contributed by atoms with Gasteiger partial charge in [0, 0.05) is 18.3 Å². The lowest BCUT2D eigenvalue weighted by atomic mass is 9.96. The van der Waals surface area contributed by atoms with E-state index < -0.39 is 0 Å². The highest BCUT2D eigenvalue weighted by molar-refractivity contribution is 5.56. The maximum atomic E-state index is 3.40. The number of para-hydroxylation sites is 1. The molecular weight excluding hydrogens is 220 g/mol. The number of hydrogen-bond acceptors (Lipinski definition) is 2. The average molecular weight is 246 g/mol. The number of nitrogens with zero attached hydrogens (tertiary/aromatic N) is 1. The molecule has 0 saturated carbocycles. The number of benzene rings is 1. The van der Waals surface area contributed by atoms with E-state index in [4.69, 9.17) is 0 Å². The van der Waals surface area contributed by atoms with Gasteiger partial charge < -0.3 is 10.2 Å². The first-order chi connectivity index (χ1) is 8.83. The van der Waals surface area contributed by atoms with Crippen molar-refractivity contribution < 1.29 is 0 Å². The molecule has 1 unspecified atom stereocenters. The molecule has 2 rings (SSSR count). The largest absolute Gasteiger partial charge is 0.369 e. The van der Waals surface area contributed by atoms with Crippen LogP contribution in [0.4, 0.5) is 5.69 Å². The van der Waals surface area contributed by atoms with Crippen LogP contribution in [0.5, 0.6) is 0 Å². The molecule has 1 heterocycles. The molecule has 2 heteroatoms. The van der Waals surface area contributed by atoms with Gasteiger partial charge >= 0.3 is 0 Å². The van der Waals surface area contributed by atoms with Crippen LogP contribution in [-0.2, 0) is 6.42 Å². The fourth-order valence-corrected chi connectivity index (χ4v) is 2.81. The van der Waals surface area contributed by atoms with Gasteiger partial charge in [0.25, 0.3) is 0 Å². The summed E-state index contributed by atoms with van der Waals surface area (Å²) in [7, 11) is 0. The minimum absolute atomic E-state index is 0.694. The Kier molecular flexibility index (Phi) is 5.06. The molecule has 0 fully saturated rings. The van der Waals surface area contributed by atoms with E-state index in [0.717, 1.165) is 13.1 Å². The van der Waals surface area contributed by atoms with E-state index in [2.05, 4.69) is 48.3 Å². The van der Waals surface area contributed by atoms with Crippen molar-refractivity contribution in [2.75, 3.05) is 24.5 Å². The van der Waals surface area contributed by atoms with Gasteiger partial charge in [-0.25, -0.2) is 0 Å². The summed E-state index contributed by atoms with van der Waals surface area (Å²) in [6.07, 6.45) is 5.10. The number of fused-ring (bicyclic) bond motifs is 1. The van der Waals surface area contributed by atoms with Crippen molar-refractivity contribution in [2.24, 2.45) is 0 Å². The van der Waals surface area contributed by atoms with Crippen molar-refractivity contribution in [1.29, 1.82) is 0 Å². The SMILES string of the molecule is CCNCCCCN1c2ccccc2CCC1C. The van der Waals surface area contributed by atoms with E-state index in [1.165, 1.54) is 43.5 Å². The van der Waals surface area contributed by atoms with Crippen molar-refractivity contribution in [1.82, 2.24) is 5.32 Å². The molecular formula is C16H26N2. The summed E-state index contributed by atoms with van der Waals surface area (Å²) in [5.74, 6) is 0. The fourth-order valence-electron chi connectivity index (χ4n) is 2.81. The third kappa shape index (κ3) is 3.26. The van der Waals surface area contributed by atoms with Gasteiger partial charge in [-0.15, -0.1) is 0 Å². The summed E-state index contributed by atoms with van der Waals surface area (Å²) < 4.78 is 0. The topological polar surface area (TPSA) is 15.3 Å². The van der Waals surface area contributed by atoms with Crippen LogP contribution in [0, 0.1) is 0 Å². The van der Waals surface area contributed by atoms with E-state index >= 15 is 0 Å². The summed E-state index contributed by atoms with van der Waals surface area (Å²) >= 11 is 0. The van der Waals surface area contributed by atoms with Crippen molar-refractivity contribution in [3.8, 4) is 0 Å². The molecule has 0 amide bonds. The molecule has 0 spiro atoms. The van der Waals surface area contributed by atoms with E-state index in [1.54, 1.807) is 0 Å². The van der Waals surface area contributed by atoms with Crippen LogP contribution in [-0.4, -0.2) is 25.7 Å². The standard InChI is InChI=1S/C16H26N2/c1-3-17-12-6-7-13-18-14(2)10-11-15-8-4-5-9-16(15)18/h4-5,8-9,14,17H,3,6-7,10-13H2,1-2H3. The molecule has 1 N–H and O–H groups in total. The number of nitrogens with one attached hydrogen (secondary N) is 1. The highest BCUT2D eigenvalue weighted by atomic mass is 15.2. The maximum absolute atomic E-state index is 3.40. The zero-order valence-corrected chi connectivity index (χ0v) is 11.8. The first-order valence-electron chi connectivity index (χ1n) is 7.38. The number of unbranched alkanes of at least 4 members (excludes halogenated alkanes) is 1. The molecule has 1 aliphatic rings. The van der Waals surface area contributed by atoms with Crippen molar-refractivity contribution in [2.45, 2.75) is 45.6 Å². The summed E-state index contributed by atoms with van der Waals surface area (Å²) in [4.78, 5) is 2.60. The van der Waals surface area contributed by atoms with Crippen molar-refractivity contribution in [3.05, 3.63) is 29.8 Å². The molecule has 0 radical (unpaired) electrons. The normalized spacial score (nSPS) is 18.8. The highest BCUT2D eigenvalue weighted by Crippen LogP contribution is 2.30. The van der Waals surface area contributed by atoms with Gasteiger partial charge in [-0.3, -0.25) is 0 Å². The Bertz CT molecular complexity index is 362. The van der Waals surface area contributed by atoms with E-state index in [0.29, 0.717) is 6.04 Å². The molecule has 100 valence electrons. The predicted octanol–water partition coefficient (Wildman–Crippen LogP) is 3.22. The van der Waals surface area contributed by atoms with Gasteiger partial charge in [-0.2, -0.15) is 0 Å². The van der Waals surface area contributed by atoms with Gasteiger partial charge in [-0.1, -0.05) is 25.1 Å². The second-order valence-electron chi connectivity index (χ2n) is 5.27. The number of aryl methyl sites for hydroxylation is 1. The lowest BCUT2D eigenvalue weighted by Crippen LogP contribution is -2.38. The first-order valence-corrected chi connectivity index (χ1v) is 7.38. The summed E-state index contributed by atoms with van der Waals surface area (Å²) in [5.41, 5.74) is 3.00. The maximum Gasteiger partial charge on any atom is 0.0401 e. The lowest BCUT2D eigenvalue weighted by molar-refractivity contribution is 0.538.